The molecule has 11 aromatic carbocycles. The Balaban J connectivity index is 0.660. The highest BCUT2D eigenvalue weighted by molar-refractivity contribution is 5.92. The summed E-state index contributed by atoms with van der Waals surface area (Å²) in [6, 6.07) is 85.6. The SMILES string of the molecule is COc1ccc(N(c2ccc3c(c2)C(C)(C)c2ccccc2-3)c2ccc3c(c2)C(C)(C)c2cc(C=Cc4ccc(C=Cc5ccc6c(c5)C(C)(C)c5cc(N(c7ccc(OC)cc7)c7ccc8c(c7)C(C)(C)c7ccccc7-8)ccc5-6)cc4)ccc2-3)cc1. The molecule has 0 spiro atoms. The molecule has 88 heavy (non-hydrogen) atoms. The van der Waals surface area contributed by atoms with E-state index in [2.05, 4.69) is 320 Å². The van der Waals surface area contributed by atoms with Gasteiger partial charge in [-0.1, -0.05) is 213 Å². The van der Waals surface area contributed by atoms with Gasteiger partial charge < -0.3 is 19.3 Å². The molecule has 0 atom stereocenters. The number of fused-ring (bicyclic) bond motifs is 12. The van der Waals surface area contributed by atoms with Crippen molar-refractivity contribution < 1.29 is 9.47 Å². The number of benzene rings is 11. The molecular formula is C84H72N2O2. The smallest absolute Gasteiger partial charge is 0.119 e. The van der Waals surface area contributed by atoms with Crippen LogP contribution in [0.25, 0.3) is 68.8 Å². The summed E-state index contributed by atoms with van der Waals surface area (Å²) in [5, 5.41) is 0. The quantitative estimate of drug-likeness (QED) is 0.114. The van der Waals surface area contributed by atoms with E-state index in [1.54, 1.807) is 14.2 Å². The van der Waals surface area contributed by atoms with Crippen molar-refractivity contribution in [3.05, 3.63) is 297 Å². The van der Waals surface area contributed by atoms with E-state index in [9.17, 15) is 0 Å². The lowest BCUT2D eigenvalue weighted by molar-refractivity contribution is 0.414. The van der Waals surface area contributed by atoms with Gasteiger partial charge in [-0.25, -0.2) is 0 Å². The summed E-state index contributed by atoms with van der Waals surface area (Å²) >= 11 is 0. The number of rotatable bonds is 12. The highest BCUT2D eigenvalue weighted by Gasteiger charge is 2.40. The lowest BCUT2D eigenvalue weighted by Gasteiger charge is -2.29. The Hall–Kier alpha value is -9.90. The van der Waals surface area contributed by atoms with Crippen molar-refractivity contribution in [2.24, 2.45) is 0 Å². The first-order valence-electron chi connectivity index (χ1n) is 30.9. The van der Waals surface area contributed by atoms with Crippen LogP contribution in [0.3, 0.4) is 0 Å². The van der Waals surface area contributed by atoms with Crippen LogP contribution in [0.15, 0.2) is 231 Å². The highest BCUT2D eigenvalue weighted by Crippen LogP contribution is 2.56. The van der Waals surface area contributed by atoms with Gasteiger partial charge in [-0.15, -0.1) is 0 Å². The fourth-order valence-corrected chi connectivity index (χ4v) is 15.1. The zero-order valence-electron chi connectivity index (χ0n) is 52.0. The van der Waals surface area contributed by atoms with Gasteiger partial charge in [0, 0.05) is 55.8 Å². The molecule has 0 N–H and O–H groups in total. The van der Waals surface area contributed by atoms with Crippen molar-refractivity contribution in [1.29, 1.82) is 0 Å². The van der Waals surface area contributed by atoms with Crippen LogP contribution in [0.5, 0.6) is 11.5 Å². The lowest BCUT2D eigenvalue weighted by atomic mass is 9.81. The Bertz CT molecular complexity index is 4390. The molecule has 4 aliphatic carbocycles. The number of ether oxygens (including phenoxy) is 2. The normalized spacial score (nSPS) is 15.2. The van der Waals surface area contributed by atoms with Gasteiger partial charge in [-0.05, 0) is 208 Å². The molecule has 0 aromatic heterocycles. The van der Waals surface area contributed by atoms with Crippen molar-refractivity contribution in [2.45, 2.75) is 77.0 Å². The summed E-state index contributed by atoms with van der Waals surface area (Å²) in [6.07, 6.45) is 8.98. The molecule has 4 heteroatoms. The van der Waals surface area contributed by atoms with Crippen molar-refractivity contribution in [1.82, 2.24) is 0 Å². The molecule has 4 aliphatic rings. The van der Waals surface area contributed by atoms with Crippen molar-refractivity contribution in [3.63, 3.8) is 0 Å². The van der Waals surface area contributed by atoms with Gasteiger partial charge in [-0.2, -0.15) is 0 Å². The topological polar surface area (TPSA) is 24.9 Å². The van der Waals surface area contributed by atoms with Crippen molar-refractivity contribution >= 4 is 58.4 Å². The Morgan fingerprint density at radius 1 is 0.239 bits per heavy atom. The molecule has 11 aromatic rings. The van der Waals surface area contributed by atoms with Gasteiger partial charge in [0.25, 0.3) is 0 Å². The molecule has 0 radical (unpaired) electrons. The molecule has 0 fully saturated rings. The van der Waals surface area contributed by atoms with E-state index in [0.717, 1.165) is 56.8 Å². The Morgan fingerprint density at radius 2 is 0.477 bits per heavy atom. The van der Waals surface area contributed by atoms with E-state index < -0.39 is 0 Å². The van der Waals surface area contributed by atoms with E-state index in [0.29, 0.717) is 0 Å². The largest absolute Gasteiger partial charge is 0.497 e. The maximum atomic E-state index is 5.62. The molecule has 0 heterocycles. The first-order chi connectivity index (χ1) is 42.5. The van der Waals surface area contributed by atoms with Gasteiger partial charge in [0.1, 0.15) is 11.5 Å². The third kappa shape index (κ3) is 8.70. The van der Waals surface area contributed by atoms with Gasteiger partial charge >= 0.3 is 0 Å². The fourth-order valence-electron chi connectivity index (χ4n) is 15.1. The fraction of sp³-hybridized carbons (Fsp3) is 0.167. The number of nitrogens with zero attached hydrogens (tertiary/aromatic N) is 2. The lowest BCUT2D eigenvalue weighted by Crippen LogP contribution is -2.18. The number of anilines is 6. The average Bonchev–Trinajstić information content (AvgIpc) is 1.70. The van der Waals surface area contributed by atoms with Crippen LogP contribution in [0.2, 0.25) is 0 Å². The summed E-state index contributed by atoms with van der Waals surface area (Å²) in [5.74, 6) is 1.68. The molecule has 4 nitrogen and oxygen atoms in total. The molecule has 430 valence electrons. The van der Waals surface area contributed by atoms with Crippen LogP contribution in [-0.4, -0.2) is 14.2 Å². The van der Waals surface area contributed by atoms with Gasteiger partial charge in [0.15, 0.2) is 0 Å². The summed E-state index contributed by atoms with van der Waals surface area (Å²) in [5.41, 5.74) is 32.0. The Labute approximate surface area is 519 Å². The van der Waals surface area contributed by atoms with Gasteiger partial charge in [0.05, 0.1) is 14.2 Å². The summed E-state index contributed by atoms with van der Waals surface area (Å²) < 4.78 is 11.2. The maximum absolute atomic E-state index is 5.62. The summed E-state index contributed by atoms with van der Waals surface area (Å²) in [6.45, 7) is 18.9. The Kier molecular flexibility index (Phi) is 12.7. The van der Waals surface area contributed by atoms with E-state index in [-0.39, 0.29) is 21.7 Å². The first kappa shape index (κ1) is 54.7. The average molecular weight is 1140 g/mol. The molecule has 0 saturated carbocycles. The number of methoxy groups -OCH3 is 2. The van der Waals surface area contributed by atoms with Gasteiger partial charge in [-0.3, -0.25) is 0 Å². The number of hydrogen-bond acceptors (Lipinski definition) is 4. The predicted molar refractivity (Wildman–Crippen MR) is 370 cm³/mol. The third-order valence-electron chi connectivity index (χ3n) is 20.1. The van der Waals surface area contributed by atoms with Crippen molar-refractivity contribution in [3.8, 4) is 56.0 Å². The van der Waals surface area contributed by atoms with E-state index in [1.165, 1.54) is 100 Å². The maximum Gasteiger partial charge on any atom is 0.119 e. The molecule has 0 amide bonds. The standard InChI is InChI=1S/C84H72N2O2/c1-81(2)73-17-13-11-15-65(73)69-43-33-59(49-77(69)81)85(57-29-37-63(87-9)38-30-57)61-35-45-71-67-41-27-55(47-75(67)83(5,6)79(71)51-61)25-23-53-19-21-54(22-20-53)24-26-56-28-42-68-72-46-36-62(52-80(72)84(7,8)76(68)48-56)86(58-31-39-64(88-10)40-32-58)60-34-44-70-66-16-12-14-18-74(66)82(3,4)78(70)50-60/h11-52H,1-10H3. The first-order valence-corrected chi connectivity index (χ1v) is 30.9. The second-order valence-corrected chi connectivity index (χ2v) is 26.5. The minimum Gasteiger partial charge on any atom is -0.497 e. The molecule has 0 saturated heterocycles. The van der Waals surface area contributed by atoms with Crippen LogP contribution >= 0.6 is 0 Å². The second kappa shape index (κ2) is 20.4. The molecule has 15 rings (SSSR count). The van der Waals surface area contributed by atoms with Crippen LogP contribution in [0, 0.1) is 0 Å². The van der Waals surface area contributed by atoms with E-state index in [1.807, 2.05) is 0 Å². The van der Waals surface area contributed by atoms with E-state index >= 15 is 0 Å². The molecular weight excluding hydrogens is 1070 g/mol. The molecule has 0 bridgehead atoms. The minimum absolute atomic E-state index is 0.115. The van der Waals surface area contributed by atoms with E-state index in [4.69, 9.17) is 9.47 Å². The third-order valence-corrected chi connectivity index (χ3v) is 20.1. The van der Waals surface area contributed by atoms with Crippen LogP contribution in [0.1, 0.15) is 122 Å². The zero-order chi connectivity index (χ0) is 60.4. The molecule has 0 unspecified atom stereocenters. The highest BCUT2D eigenvalue weighted by atomic mass is 16.5. The second-order valence-electron chi connectivity index (χ2n) is 26.5. The summed E-state index contributed by atoms with van der Waals surface area (Å²) in [4.78, 5) is 4.81. The van der Waals surface area contributed by atoms with Crippen LogP contribution in [0.4, 0.5) is 34.1 Å². The van der Waals surface area contributed by atoms with Crippen LogP contribution in [-0.2, 0) is 21.7 Å². The zero-order valence-corrected chi connectivity index (χ0v) is 52.0. The monoisotopic (exact) mass is 1140 g/mol. The Morgan fingerprint density at radius 3 is 0.795 bits per heavy atom. The van der Waals surface area contributed by atoms with Gasteiger partial charge in [0.2, 0.25) is 0 Å². The van der Waals surface area contributed by atoms with Crippen molar-refractivity contribution in [2.75, 3.05) is 24.0 Å². The number of hydrogen-bond donors (Lipinski definition) is 0. The van der Waals surface area contributed by atoms with Crippen LogP contribution < -0.4 is 19.3 Å². The minimum atomic E-state index is -0.219. The molecule has 0 aliphatic heterocycles. The summed E-state index contributed by atoms with van der Waals surface area (Å²) in [7, 11) is 3.45. The predicted octanol–water partition coefficient (Wildman–Crippen LogP) is 22.2.